The summed E-state index contributed by atoms with van der Waals surface area (Å²) < 4.78 is 1.69. The molecule has 0 aliphatic carbocycles. The molecule has 0 bridgehead atoms. The SMILES string of the molecule is CC(CCO)CNC(=O)NC(Cn1cncn1)c1ccccc1. The number of benzene rings is 1. The van der Waals surface area contributed by atoms with Crippen LogP contribution in [0.4, 0.5) is 4.79 Å². The number of urea groups is 1. The first-order valence-corrected chi connectivity index (χ1v) is 7.71. The van der Waals surface area contributed by atoms with Crippen molar-refractivity contribution in [2.24, 2.45) is 5.92 Å². The van der Waals surface area contributed by atoms with Gasteiger partial charge < -0.3 is 15.7 Å². The molecule has 1 aromatic heterocycles. The average Bonchev–Trinajstić information content (AvgIpc) is 3.06. The van der Waals surface area contributed by atoms with Gasteiger partial charge in [-0.25, -0.2) is 9.78 Å². The van der Waals surface area contributed by atoms with Gasteiger partial charge in [0, 0.05) is 13.2 Å². The molecule has 0 saturated carbocycles. The highest BCUT2D eigenvalue weighted by atomic mass is 16.3. The normalized spacial score (nSPS) is 13.3. The minimum atomic E-state index is -0.233. The lowest BCUT2D eigenvalue weighted by Crippen LogP contribution is -2.41. The number of amides is 2. The van der Waals surface area contributed by atoms with E-state index in [4.69, 9.17) is 5.11 Å². The Labute approximate surface area is 135 Å². The van der Waals surface area contributed by atoms with Crippen LogP contribution in [0.5, 0.6) is 0 Å². The summed E-state index contributed by atoms with van der Waals surface area (Å²) >= 11 is 0. The lowest BCUT2D eigenvalue weighted by molar-refractivity contribution is 0.229. The second kappa shape index (κ2) is 8.89. The van der Waals surface area contributed by atoms with Crippen LogP contribution in [0.2, 0.25) is 0 Å². The standard InChI is InChI=1S/C16H23N5O2/c1-13(7-8-22)9-18-16(23)20-15(10-21-12-17-11-19-21)14-5-3-2-4-6-14/h2-6,11-13,15,22H,7-10H2,1H3,(H2,18,20,23). The minimum absolute atomic E-state index is 0.128. The molecule has 3 N–H and O–H groups in total. The van der Waals surface area contributed by atoms with E-state index in [-0.39, 0.29) is 24.6 Å². The predicted molar refractivity (Wildman–Crippen MR) is 86.6 cm³/mol. The van der Waals surface area contributed by atoms with Gasteiger partial charge in [0.05, 0.1) is 12.6 Å². The Morgan fingerprint density at radius 1 is 1.35 bits per heavy atom. The van der Waals surface area contributed by atoms with Crippen LogP contribution in [0, 0.1) is 5.92 Å². The van der Waals surface area contributed by atoms with Crippen LogP contribution in [-0.4, -0.2) is 39.1 Å². The summed E-state index contributed by atoms with van der Waals surface area (Å²) in [6.07, 6.45) is 3.76. The van der Waals surface area contributed by atoms with Crippen molar-refractivity contribution in [1.29, 1.82) is 0 Å². The van der Waals surface area contributed by atoms with Crippen molar-refractivity contribution in [3.05, 3.63) is 48.5 Å². The third-order valence-electron chi connectivity index (χ3n) is 3.58. The van der Waals surface area contributed by atoms with Crippen molar-refractivity contribution in [1.82, 2.24) is 25.4 Å². The summed E-state index contributed by atoms with van der Waals surface area (Å²) in [6.45, 7) is 3.14. The minimum Gasteiger partial charge on any atom is -0.396 e. The number of nitrogens with zero attached hydrogens (tertiary/aromatic N) is 3. The lowest BCUT2D eigenvalue weighted by atomic mass is 10.1. The van der Waals surface area contributed by atoms with Crippen LogP contribution in [0.25, 0.3) is 0 Å². The molecule has 0 fully saturated rings. The van der Waals surface area contributed by atoms with Gasteiger partial charge in [-0.1, -0.05) is 37.3 Å². The largest absolute Gasteiger partial charge is 0.396 e. The lowest BCUT2D eigenvalue weighted by Gasteiger charge is -2.20. The van der Waals surface area contributed by atoms with Crippen LogP contribution < -0.4 is 10.6 Å². The van der Waals surface area contributed by atoms with Gasteiger partial charge in [0.25, 0.3) is 0 Å². The molecule has 2 rings (SSSR count). The van der Waals surface area contributed by atoms with E-state index in [1.54, 1.807) is 11.0 Å². The smallest absolute Gasteiger partial charge is 0.315 e. The Hall–Kier alpha value is -2.41. The Kier molecular flexibility index (Phi) is 6.56. The second-order valence-corrected chi connectivity index (χ2v) is 5.55. The average molecular weight is 317 g/mol. The number of carbonyl (C=O) groups excluding carboxylic acids is 1. The molecular formula is C16H23N5O2. The molecule has 7 heteroatoms. The van der Waals surface area contributed by atoms with E-state index < -0.39 is 0 Å². The van der Waals surface area contributed by atoms with Gasteiger partial charge in [0.2, 0.25) is 0 Å². The molecule has 2 atom stereocenters. The van der Waals surface area contributed by atoms with Crippen LogP contribution in [0.3, 0.4) is 0 Å². The van der Waals surface area contributed by atoms with Crippen LogP contribution in [-0.2, 0) is 6.54 Å². The van der Waals surface area contributed by atoms with Crippen molar-refractivity contribution >= 4 is 6.03 Å². The number of hydrogen-bond donors (Lipinski definition) is 3. The zero-order valence-corrected chi connectivity index (χ0v) is 13.2. The monoisotopic (exact) mass is 317 g/mol. The van der Waals surface area contributed by atoms with Crippen molar-refractivity contribution in [3.63, 3.8) is 0 Å². The van der Waals surface area contributed by atoms with E-state index in [0.29, 0.717) is 19.5 Å². The number of hydrogen-bond acceptors (Lipinski definition) is 4. The maximum absolute atomic E-state index is 12.1. The Balaban J connectivity index is 1.96. The van der Waals surface area contributed by atoms with Crippen LogP contribution >= 0.6 is 0 Å². The molecule has 0 aliphatic rings. The maximum atomic E-state index is 12.1. The highest BCUT2D eigenvalue weighted by Crippen LogP contribution is 2.14. The molecule has 1 heterocycles. The summed E-state index contributed by atoms with van der Waals surface area (Å²) in [6, 6.07) is 9.31. The first kappa shape index (κ1) is 17.0. The molecular weight excluding hydrogens is 294 g/mol. The third kappa shape index (κ3) is 5.71. The molecule has 0 aliphatic heterocycles. The molecule has 2 unspecified atom stereocenters. The Morgan fingerprint density at radius 2 is 2.13 bits per heavy atom. The van der Waals surface area contributed by atoms with Crippen LogP contribution in [0.15, 0.2) is 43.0 Å². The summed E-state index contributed by atoms with van der Waals surface area (Å²) in [5, 5.41) is 18.8. The topological polar surface area (TPSA) is 92.1 Å². The number of rotatable bonds is 8. The van der Waals surface area contributed by atoms with E-state index in [1.165, 1.54) is 6.33 Å². The number of nitrogens with one attached hydrogen (secondary N) is 2. The highest BCUT2D eigenvalue weighted by Gasteiger charge is 2.16. The first-order chi connectivity index (χ1) is 11.2. The quantitative estimate of drug-likeness (QED) is 0.685. The van der Waals surface area contributed by atoms with Crippen LogP contribution in [0.1, 0.15) is 24.9 Å². The molecule has 2 aromatic rings. The zero-order chi connectivity index (χ0) is 16.5. The fourth-order valence-electron chi connectivity index (χ4n) is 2.23. The van der Waals surface area contributed by atoms with E-state index in [1.807, 2.05) is 37.3 Å². The fraction of sp³-hybridized carbons (Fsp3) is 0.438. The molecule has 7 nitrogen and oxygen atoms in total. The summed E-state index contributed by atoms with van der Waals surface area (Å²) in [5.74, 6) is 0.233. The number of carbonyl (C=O) groups is 1. The van der Waals surface area contributed by atoms with E-state index in [0.717, 1.165) is 5.56 Å². The first-order valence-electron chi connectivity index (χ1n) is 7.71. The summed E-state index contributed by atoms with van der Waals surface area (Å²) in [5.41, 5.74) is 1.00. The number of aliphatic hydroxyl groups excluding tert-OH is 1. The molecule has 0 radical (unpaired) electrons. The van der Waals surface area contributed by atoms with Gasteiger partial charge in [0.15, 0.2) is 0 Å². The maximum Gasteiger partial charge on any atom is 0.315 e. The fourth-order valence-corrected chi connectivity index (χ4v) is 2.23. The second-order valence-electron chi connectivity index (χ2n) is 5.55. The molecule has 124 valence electrons. The Bertz CT molecular complexity index is 573. The highest BCUT2D eigenvalue weighted by molar-refractivity contribution is 5.74. The molecule has 23 heavy (non-hydrogen) atoms. The van der Waals surface area contributed by atoms with Crippen molar-refractivity contribution in [3.8, 4) is 0 Å². The van der Waals surface area contributed by atoms with Gasteiger partial charge >= 0.3 is 6.03 Å². The number of aliphatic hydroxyl groups is 1. The van der Waals surface area contributed by atoms with Gasteiger partial charge in [-0.05, 0) is 17.9 Å². The summed E-state index contributed by atoms with van der Waals surface area (Å²) in [7, 11) is 0. The van der Waals surface area contributed by atoms with Gasteiger partial charge in [-0.15, -0.1) is 0 Å². The predicted octanol–water partition coefficient (Wildman–Crippen LogP) is 1.34. The molecule has 0 saturated heterocycles. The molecule has 0 spiro atoms. The van der Waals surface area contributed by atoms with Gasteiger partial charge in [-0.3, -0.25) is 4.68 Å². The summed E-state index contributed by atoms with van der Waals surface area (Å²) in [4.78, 5) is 16.1. The zero-order valence-electron chi connectivity index (χ0n) is 13.2. The Morgan fingerprint density at radius 3 is 2.78 bits per heavy atom. The van der Waals surface area contributed by atoms with E-state index >= 15 is 0 Å². The third-order valence-corrected chi connectivity index (χ3v) is 3.58. The molecule has 2 amide bonds. The van der Waals surface area contributed by atoms with Crippen molar-refractivity contribution < 1.29 is 9.90 Å². The van der Waals surface area contributed by atoms with E-state index in [9.17, 15) is 4.79 Å². The van der Waals surface area contributed by atoms with Gasteiger partial charge in [0.1, 0.15) is 12.7 Å². The van der Waals surface area contributed by atoms with Crippen molar-refractivity contribution in [2.45, 2.75) is 25.9 Å². The molecule has 1 aromatic carbocycles. The number of aromatic nitrogens is 3. The van der Waals surface area contributed by atoms with Gasteiger partial charge in [-0.2, -0.15) is 5.10 Å². The van der Waals surface area contributed by atoms with Crippen molar-refractivity contribution in [2.75, 3.05) is 13.2 Å². The van der Waals surface area contributed by atoms with E-state index in [2.05, 4.69) is 20.7 Å².